The maximum Gasteiger partial charge on any atom is 0.128 e. The SMILES string of the molecule is C1=C(c2ccccc2)OC[C@@H](Cc2ccccc2)N=C1c1ccc2ccccc2n1. The van der Waals surface area contributed by atoms with Crippen molar-refractivity contribution in [1.82, 2.24) is 4.98 Å². The number of aromatic nitrogens is 1. The number of ether oxygens (including phenoxy) is 1. The molecule has 3 nitrogen and oxygen atoms in total. The molecule has 0 spiro atoms. The Morgan fingerprint density at radius 1 is 0.767 bits per heavy atom. The summed E-state index contributed by atoms with van der Waals surface area (Å²) in [5.41, 5.74) is 5.00. The average Bonchev–Trinajstić information content (AvgIpc) is 3.03. The van der Waals surface area contributed by atoms with Gasteiger partial charge in [-0.05, 0) is 24.1 Å². The van der Waals surface area contributed by atoms with Crippen molar-refractivity contribution in [2.75, 3.05) is 6.61 Å². The predicted molar refractivity (Wildman–Crippen MR) is 123 cm³/mol. The van der Waals surface area contributed by atoms with Crippen molar-refractivity contribution < 1.29 is 4.74 Å². The number of fused-ring (bicyclic) bond motifs is 1. The van der Waals surface area contributed by atoms with Crippen LogP contribution in [0.15, 0.2) is 108 Å². The highest BCUT2D eigenvalue weighted by atomic mass is 16.5. The molecule has 0 radical (unpaired) electrons. The number of hydrogen-bond acceptors (Lipinski definition) is 3. The summed E-state index contributed by atoms with van der Waals surface area (Å²) < 4.78 is 6.23. The lowest BCUT2D eigenvalue weighted by molar-refractivity contribution is 0.254. The van der Waals surface area contributed by atoms with E-state index in [4.69, 9.17) is 14.7 Å². The van der Waals surface area contributed by atoms with E-state index in [1.165, 1.54) is 5.56 Å². The maximum absolute atomic E-state index is 6.23. The second-order valence-electron chi connectivity index (χ2n) is 7.43. The number of pyridine rings is 1. The number of hydrogen-bond donors (Lipinski definition) is 0. The standard InChI is InChI=1S/C27H22N2O/c1-3-9-20(10-4-1)17-23-19-30-27(22-12-5-2-6-13-22)18-26(28-23)25-16-15-21-11-7-8-14-24(21)29-25/h1-16,18,23H,17,19H2/t23-/m1/s1. The van der Waals surface area contributed by atoms with E-state index in [0.717, 1.165) is 40.1 Å². The Bertz CT molecular complexity index is 1210. The summed E-state index contributed by atoms with van der Waals surface area (Å²) in [5.74, 6) is 0.833. The molecule has 146 valence electrons. The average molecular weight is 390 g/mol. The molecule has 4 aromatic rings. The minimum atomic E-state index is 0.0214. The van der Waals surface area contributed by atoms with Crippen LogP contribution in [0.1, 0.15) is 16.8 Å². The fourth-order valence-corrected chi connectivity index (χ4v) is 3.73. The lowest BCUT2D eigenvalue weighted by atomic mass is 10.1. The molecule has 1 atom stereocenters. The molecule has 30 heavy (non-hydrogen) atoms. The quantitative estimate of drug-likeness (QED) is 0.447. The van der Waals surface area contributed by atoms with Gasteiger partial charge >= 0.3 is 0 Å². The third-order valence-electron chi connectivity index (χ3n) is 5.25. The smallest absolute Gasteiger partial charge is 0.128 e. The van der Waals surface area contributed by atoms with Gasteiger partial charge in [0.15, 0.2) is 0 Å². The van der Waals surface area contributed by atoms with Crippen LogP contribution in [0.5, 0.6) is 0 Å². The minimum Gasteiger partial charge on any atom is -0.491 e. The first kappa shape index (κ1) is 18.3. The highest BCUT2D eigenvalue weighted by molar-refractivity contribution is 6.11. The van der Waals surface area contributed by atoms with E-state index in [-0.39, 0.29) is 6.04 Å². The van der Waals surface area contributed by atoms with Crippen LogP contribution in [-0.2, 0) is 11.2 Å². The van der Waals surface area contributed by atoms with Gasteiger partial charge < -0.3 is 4.74 Å². The van der Waals surface area contributed by atoms with E-state index in [2.05, 4.69) is 48.5 Å². The molecule has 3 aromatic carbocycles. The molecule has 0 saturated heterocycles. The largest absolute Gasteiger partial charge is 0.491 e. The van der Waals surface area contributed by atoms with Crippen LogP contribution in [0, 0.1) is 0 Å². The molecular formula is C27H22N2O. The lowest BCUT2D eigenvalue weighted by Gasteiger charge is -2.13. The van der Waals surface area contributed by atoms with Crippen molar-refractivity contribution in [1.29, 1.82) is 0 Å². The highest BCUT2D eigenvalue weighted by Gasteiger charge is 2.18. The number of allylic oxidation sites excluding steroid dienone is 1. The van der Waals surface area contributed by atoms with Crippen molar-refractivity contribution in [3.8, 4) is 0 Å². The molecule has 1 aliphatic heterocycles. The summed E-state index contributed by atoms with van der Waals surface area (Å²) in [6, 6.07) is 33.0. The first-order valence-electron chi connectivity index (χ1n) is 10.2. The van der Waals surface area contributed by atoms with Gasteiger partial charge in [0, 0.05) is 17.0 Å². The molecule has 0 N–H and O–H groups in total. The van der Waals surface area contributed by atoms with Gasteiger partial charge in [0.25, 0.3) is 0 Å². The molecule has 1 aliphatic rings. The second kappa shape index (κ2) is 8.34. The van der Waals surface area contributed by atoms with Gasteiger partial charge in [-0.2, -0.15) is 0 Å². The van der Waals surface area contributed by atoms with E-state index in [1.54, 1.807) is 0 Å². The topological polar surface area (TPSA) is 34.5 Å². The molecule has 1 aromatic heterocycles. The van der Waals surface area contributed by atoms with Crippen molar-refractivity contribution in [3.05, 3.63) is 120 Å². The Morgan fingerprint density at radius 3 is 2.33 bits per heavy atom. The molecule has 0 saturated carbocycles. The molecule has 0 bridgehead atoms. The van der Waals surface area contributed by atoms with Gasteiger partial charge in [-0.25, -0.2) is 4.98 Å². The fraction of sp³-hybridized carbons (Fsp3) is 0.111. The van der Waals surface area contributed by atoms with Crippen molar-refractivity contribution >= 4 is 22.4 Å². The highest BCUT2D eigenvalue weighted by Crippen LogP contribution is 2.23. The zero-order valence-electron chi connectivity index (χ0n) is 16.6. The Kier molecular flexibility index (Phi) is 5.09. The van der Waals surface area contributed by atoms with Gasteiger partial charge in [0.05, 0.1) is 23.0 Å². The van der Waals surface area contributed by atoms with Crippen LogP contribution < -0.4 is 0 Å². The van der Waals surface area contributed by atoms with E-state index >= 15 is 0 Å². The first-order valence-corrected chi connectivity index (χ1v) is 10.2. The number of rotatable bonds is 4. The van der Waals surface area contributed by atoms with Crippen LogP contribution in [0.3, 0.4) is 0 Å². The van der Waals surface area contributed by atoms with E-state index in [9.17, 15) is 0 Å². The van der Waals surface area contributed by atoms with Crippen molar-refractivity contribution in [2.45, 2.75) is 12.5 Å². The number of benzene rings is 3. The lowest BCUT2D eigenvalue weighted by Crippen LogP contribution is -2.16. The van der Waals surface area contributed by atoms with E-state index < -0.39 is 0 Å². The van der Waals surface area contributed by atoms with Gasteiger partial charge in [0.1, 0.15) is 12.4 Å². The zero-order chi connectivity index (χ0) is 20.2. The molecular weight excluding hydrogens is 368 g/mol. The summed E-state index contributed by atoms with van der Waals surface area (Å²) in [6.45, 7) is 0.534. The molecule has 0 fully saturated rings. The van der Waals surface area contributed by atoms with Crippen LogP contribution in [0.2, 0.25) is 0 Å². The summed E-state index contributed by atoms with van der Waals surface area (Å²) in [7, 11) is 0. The molecule has 2 heterocycles. The van der Waals surface area contributed by atoms with Crippen LogP contribution in [0.25, 0.3) is 16.7 Å². The summed E-state index contributed by atoms with van der Waals surface area (Å²) >= 11 is 0. The van der Waals surface area contributed by atoms with Crippen LogP contribution in [-0.4, -0.2) is 23.3 Å². The van der Waals surface area contributed by atoms with Gasteiger partial charge in [0.2, 0.25) is 0 Å². The number of nitrogens with zero attached hydrogens (tertiary/aromatic N) is 2. The van der Waals surface area contributed by atoms with Gasteiger partial charge in [-0.3, -0.25) is 4.99 Å². The van der Waals surface area contributed by atoms with Crippen LogP contribution in [0.4, 0.5) is 0 Å². The third-order valence-corrected chi connectivity index (χ3v) is 5.25. The Morgan fingerprint density at radius 2 is 1.50 bits per heavy atom. The summed E-state index contributed by atoms with van der Waals surface area (Å²) in [5, 5.41) is 1.12. The van der Waals surface area contributed by atoms with Crippen molar-refractivity contribution in [3.63, 3.8) is 0 Å². The predicted octanol–water partition coefficient (Wildman–Crippen LogP) is 5.71. The Hall–Kier alpha value is -3.72. The van der Waals surface area contributed by atoms with Crippen molar-refractivity contribution in [2.24, 2.45) is 4.99 Å². The Balaban J connectivity index is 1.55. The molecule has 0 unspecified atom stereocenters. The Labute approximate surface area is 176 Å². The fourth-order valence-electron chi connectivity index (χ4n) is 3.73. The summed E-state index contributed by atoms with van der Waals surface area (Å²) in [4.78, 5) is 9.96. The second-order valence-corrected chi connectivity index (χ2v) is 7.43. The molecule has 3 heteroatoms. The normalized spacial score (nSPS) is 16.3. The van der Waals surface area contributed by atoms with Crippen LogP contribution >= 0.6 is 0 Å². The summed E-state index contributed by atoms with van der Waals surface area (Å²) in [6.07, 6.45) is 2.85. The molecule has 0 amide bonds. The number of aliphatic imine (C=N–C) groups is 1. The van der Waals surface area contributed by atoms with Gasteiger partial charge in [-0.1, -0.05) is 84.9 Å². The number of para-hydroxylation sites is 1. The minimum absolute atomic E-state index is 0.0214. The monoisotopic (exact) mass is 390 g/mol. The zero-order valence-corrected chi connectivity index (χ0v) is 16.6. The maximum atomic E-state index is 6.23. The third kappa shape index (κ3) is 4.01. The van der Waals surface area contributed by atoms with Gasteiger partial charge in [-0.15, -0.1) is 0 Å². The first-order chi connectivity index (χ1) is 14.8. The molecule has 5 rings (SSSR count). The molecule has 0 aliphatic carbocycles. The van der Waals surface area contributed by atoms with E-state index in [1.807, 2.05) is 54.6 Å². The van der Waals surface area contributed by atoms with E-state index in [0.29, 0.717) is 6.61 Å².